The Morgan fingerprint density at radius 3 is 2.38 bits per heavy atom. The quantitative estimate of drug-likeness (QED) is 0.620. The molecular formula is C20H23NO5. The van der Waals surface area contributed by atoms with Gasteiger partial charge in [0.25, 0.3) is 0 Å². The third kappa shape index (κ3) is 2.93. The van der Waals surface area contributed by atoms with Crippen LogP contribution in [0, 0.1) is 18.3 Å². The van der Waals surface area contributed by atoms with Crippen molar-refractivity contribution in [1.29, 1.82) is 0 Å². The van der Waals surface area contributed by atoms with Crippen LogP contribution in [0.3, 0.4) is 0 Å². The number of aromatic nitrogens is 1. The second kappa shape index (κ2) is 6.34. The van der Waals surface area contributed by atoms with Crippen LogP contribution in [-0.2, 0) is 16.1 Å². The van der Waals surface area contributed by atoms with E-state index in [0.717, 1.165) is 6.42 Å². The number of carbonyl (C=O) groups excluding carboxylic acids is 3. The van der Waals surface area contributed by atoms with Gasteiger partial charge in [0.2, 0.25) is 0 Å². The SMILES string of the molecule is CCCn1c(=O)oc2ccc(C(=O)C3C(=O)CC(C)(C)CC3=O)c(C)c21. The van der Waals surface area contributed by atoms with Crippen molar-refractivity contribution >= 4 is 28.4 Å². The van der Waals surface area contributed by atoms with Crippen LogP contribution in [0.4, 0.5) is 0 Å². The smallest absolute Gasteiger partial charge is 0.408 e. The summed E-state index contributed by atoms with van der Waals surface area (Å²) >= 11 is 0. The van der Waals surface area contributed by atoms with Crippen molar-refractivity contribution in [2.45, 2.75) is 53.5 Å². The molecule has 0 aliphatic heterocycles. The molecule has 0 bridgehead atoms. The lowest BCUT2D eigenvalue weighted by Crippen LogP contribution is -2.42. The van der Waals surface area contributed by atoms with Crippen LogP contribution in [-0.4, -0.2) is 21.9 Å². The van der Waals surface area contributed by atoms with Gasteiger partial charge in [0, 0.05) is 24.9 Å². The summed E-state index contributed by atoms with van der Waals surface area (Å²) in [5, 5.41) is 0. The van der Waals surface area contributed by atoms with Gasteiger partial charge in [-0.05, 0) is 36.5 Å². The molecule has 1 aliphatic rings. The summed E-state index contributed by atoms with van der Waals surface area (Å²) in [6, 6.07) is 3.10. The normalized spacial score (nSPS) is 17.8. The van der Waals surface area contributed by atoms with Crippen molar-refractivity contribution in [3.8, 4) is 0 Å². The van der Waals surface area contributed by atoms with E-state index in [-0.39, 0.29) is 24.4 Å². The van der Waals surface area contributed by atoms with Crippen LogP contribution >= 0.6 is 0 Å². The molecule has 138 valence electrons. The Hall–Kier alpha value is -2.50. The second-order valence-electron chi connectivity index (χ2n) is 7.85. The highest BCUT2D eigenvalue weighted by atomic mass is 16.4. The third-order valence-corrected chi connectivity index (χ3v) is 5.01. The van der Waals surface area contributed by atoms with Gasteiger partial charge in [-0.2, -0.15) is 0 Å². The van der Waals surface area contributed by atoms with Gasteiger partial charge in [0.05, 0.1) is 5.52 Å². The van der Waals surface area contributed by atoms with Gasteiger partial charge in [-0.3, -0.25) is 19.0 Å². The molecule has 1 aromatic heterocycles. The predicted octanol–water partition coefficient (Wildman–Crippen LogP) is 3.07. The zero-order valence-corrected chi connectivity index (χ0v) is 15.5. The monoisotopic (exact) mass is 357 g/mol. The zero-order valence-electron chi connectivity index (χ0n) is 15.5. The number of benzene rings is 1. The molecule has 6 heteroatoms. The molecular weight excluding hydrogens is 334 g/mol. The maximum atomic E-state index is 13.0. The number of hydrogen-bond acceptors (Lipinski definition) is 5. The van der Waals surface area contributed by atoms with Gasteiger partial charge in [0.1, 0.15) is 5.92 Å². The maximum absolute atomic E-state index is 13.0. The first-order chi connectivity index (χ1) is 12.2. The number of nitrogens with zero attached hydrogens (tertiary/aromatic N) is 1. The van der Waals surface area contributed by atoms with E-state index in [1.807, 2.05) is 20.8 Å². The van der Waals surface area contributed by atoms with E-state index in [9.17, 15) is 19.2 Å². The van der Waals surface area contributed by atoms with E-state index in [4.69, 9.17) is 4.42 Å². The minimum absolute atomic E-state index is 0.211. The molecule has 3 rings (SSSR count). The lowest BCUT2D eigenvalue weighted by molar-refractivity contribution is -0.137. The van der Waals surface area contributed by atoms with E-state index in [2.05, 4.69) is 0 Å². The maximum Gasteiger partial charge on any atom is 0.419 e. The number of carbonyl (C=O) groups is 3. The first-order valence-corrected chi connectivity index (χ1v) is 8.89. The molecule has 0 radical (unpaired) electrons. The van der Waals surface area contributed by atoms with Crippen LogP contribution in [0.2, 0.25) is 0 Å². The van der Waals surface area contributed by atoms with Gasteiger partial charge in [0.15, 0.2) is 22.9 Å². The van der Waals surface area contributed by atoms with E-state index in [1.54, 1.807) is 19.1 Å². The van der Waals surface area contributed by atoms with Crippen molar-refractivity contribution < 1.29 is 18.8 Å². The highest BCUT2D eigenvalue weighted by Gasteiger charge is 2.44. The summed E-state index contributed by atoms with van der Waals surface area (Å²) in [4.78, 5) is 50.0. The molecule has 1 fully saturated rings. The van der Waals surface area contributed by atoms with E-state index < -0.39 is 22.9 Å². The highest BCUT2D eigenvalue weighted by Crippen LogP contribution is 2.36. The molecule has 1 saturated carbocycles. The van der Waals surface area contributed by atoms with Crippen molar-refractivity contribution in [1.82, 2.24) is 4.57 Å². The zero-order chi connectivity index (χ0) is 19.2. The van der Waals surface area contributed by atoms with E-state index >= 15 is 0 Å². The summed E-state index contributed by atoms with van der Waals surface area (Å²) < 4.78 is 6.74. The van der Waals surface area contributed by atoms with Crippen molar-refractivity contribution in [3.63, 3.8) is 0 Å². The summed E-state index contributed by atoms with van der Waals surface area (Å²) in [6.07, 6.45) is 1.16. The lowest BCUT2D eigenvalue weighted by atomic mass is 9.69. The number of aryl methyl sites for hydroxylation is 2. The minimum Gasteiger partial charge on any atom is -0.408 e. The average Bonchev–Trinajstić information content (AvgIpc) is 2.82. The lowest BCUT2D eigenvalue weighted by Gasteiger charge is -2.31. The van der Waals surface area contributed by atoms with Gasteiger partial charge < -0.3 is 4.42 Å². The van der Waals surface area contributed by atoms with Crippen LogP contribution in [0.1, 0.15) is 56.0 Å². The predicted molar refractivity (Wildman–Crippen MR) is 96.4 cm³/mol. The average molecular weight is 357 g/mol. The Kier molecular flexibility index (Phi) is 4.46. The van der Waals surface area contributed by atoms with E-state index in [0.29, 0.717) is 28.8 Å². The number of fused-ring (bicyclic) bond motifs is 1. The van der Waals surface area contributed by atoms with Crippen molar-refractivity contribution in [2.24, 2.45) is 11.3 Å². The summed E-state index contributed by atoms with van der Waals surface area (Å²) in [5.41, 5.74) is 1.42. The highest BCUT2D eigenvalue weighted by molar-refractivity contribution is 6.26. The molecule has 0 atom stereocenters. The van der Waals surface area contributed by atoms with Gasteiger partial charge in [-0.25, -0.2) is 4.79 Å². The first kappa shape index (κ1) is 18.3. The molecule has 0 amide bonds. The number of ketones is 3. The molecule has 2 aromatic rings. The number of Topliss-reactive ketones (excluding diaryl/α,β-unsaturated/α-hetero) is 3. The number of hydrogen-bond donors (Lipinski definition) is 0. The molecule has 1 heterocycles. The number of rotatable bonds is 4. The molecule has 0 saturated heterocycles. The Labute approximate surface area is 151 Å². The Morgan fingerprint density at radius 1 is 1.19 bits per heavy atom. The minimum atomic E-state index is -1.24. The van der Waals surface area contributed by atoms with Crippen molar-refractivity contribution in [2.75, 3.05) is 0 Å². The fraction of sp³-hybridized carbons (Fsp3) is 0.500. The van der Waals surface area contributed by atoms with Gasteiger partial charge >= 0.3 is 5.76 Å². The standard InChI is InChI=1S/C20H23NO5/c1-5-8-21-17-11(2)12(6-7-15(17)26-19(21)25)18(24)16-13(22)9-20(3,4)10-14(16)23/h6-7,16H,5,8-10H2,1-4H3. The summed E-state index contributed by atoms with van der Waals surface area (Å²) in [5.74, 6) is -2.84. The summed E-state index contributed by atoms with van der Waals surface area (Å²) in [7, 11) is 0. The molecule has 1 aliphatic carbocycles. The van der Waals surface area contributed by atoms with Crippen LogP contribution in [0.15, 0.2) is 21.3 Å². The fourth-order valence-corrected chi connectivity index (χ4v) is 3.86. The molecule has 0 spiro atoms. The Balaban J connectivity index is 2.08. The van der Waals surface area contributed by atoms with Crippen LogP contribution < -0.4 is 5.76 Å². The Morgan fingerprint density at radius 2 is 1.81 bits per heavy atom. The second-order valence-corrected chi connectivity index (χ2v) is 7.85. The topological polar surface area (TPSA) is 86.3 Å². The molecule has 0 N–H and O–H groups in total. The van der Waals surface area contributed by atoms with Gasteiger partial charge in [-0.1, -0.05) is 20.8 Å². The van der Waals surface area contributed by atoms with E-state index in [1.165, 1.54) is 4.57 Å². The largest absolute Gasteiger partial charge is 0.419 e. The van der Waals surface area contributed by atoms with Gasteiger partial charge in [-0.15, -0.1) is 0 Å². The van der Waals surface area contributed by atoms with Crippen LogP contribution in [0.25, 0.3) is 11.1 Å². The first-order valence-electron chi connectivity index (χ1n) is 8.89. The van der Waals surface area contributed by atoms with Crippen molar-refractivity contribution in [3.05, 3.63) is 33.8 Å². The Bertz CT molecular complexity index is 956. The third-order valence-electron chi connectivity index (χ3n) is 5.01. The molecule has 1 aromatic carbocycles. The summed E-state index contributed by atoms with van der Waals surface area (Å²) in [6.45, 7) is 7.85. The molecule has 26 heavy (non-hydrogen) atoms. The molecule has 0 unspecified atom stereocenters. The van der Waals surface area contributed by atoms with Crippen LogP contribution in [0.5, 0.6) is 0 Å². The fourth-order valence-electron chi connectivity index (χ4n) is 3.86. The molecule has 6 nitrogen and oxygen atoms in total. The number of oxazole rings is 1.